The van der Waals surface area contributed by atoms with Crippen molar-refractivity contribution in [3.05, 3.63) is 54.4 Å². The minimum absolute atomic E-state index is 0.131. The zero-order valence-corrected chi connectivity index (χ0v) is 13.1. The summed E-state index contributed by atoms with van der Waals surface area (Å²) in [7, 11) is 1.75. The molecule has 0 saturated carbocycles. The number of carbonyl (C=O) groups is 1. The predicted octanol–water partition coefficient (Wildman–Crippen LogP) is 1.42. The molecule has 0 saturated heterocycles. The molecule has 0 spiro atoms. The number of amides is 1. The van der Waals surface area contributed by atoms with Gasteiger partial charge in [-0.25, -0.2) is 4.98 Å². The van der Waals surface area contributed by atoms with Crippen molar-refractivity contribution < 1.29 is 4.79 Å². The van der Waals surface area contributed by atoms with Gasteiger partial charge < -0.3 is 9.88 Å². The lowest BCUT2D eigenvalue weighted by molar-refractivity contribution is 0.0943. The smallest absolute Gasteiger partial charge is 0.269 e. The maximum atomic E-state index is 12.1. The van der Waals surface area contributed by atoms with Crippen molar-refractivity contribution in [2.45, 2.75) is 13.5 Å². The third-order valence-electron chi connectivity index (χ3n) is 3.67. The second-order valence-electron chi connectivity index (χ2n) is 5.21. The van der Waals surface area contributed by atoms with Gasteiger partial charge in [0, 0.05) is 56.2 Å². The molecule has 0 aliphatic heterocycles. The second-order valence-corrected chi connectivity index (χ2v) is 5.21. The Morgan fingerprint density at radius 3 is 2.70 bits per heavy atom. The van der Waals surface area contributed by atoms with Gasteiger partial charge in [-0.05, 0) is 25.1 Å². The first-order valence-corrected chi connectivity index (χ1v) is 7.35. The minimum atomic E-state index is -0.131. The molecule has 1 amide bonds. The van der Waals surface area contributed by atoms with Crippen LogP contribution >= 0.6 is 0 Å². The molecule has 3 heterocycles. The number of rotatable bonds is 5. The Balaban J connectivity index is 1.68. The Bertz CT molecular complexity index is 805. The number of carbonyl (C=O) groups excluding carboxylic acids is 1. The van der Waals surface area contributed by atoms with Crippen molar-refractivity contribution >= 4 is 5.91 Å². The maximum Gasteiger partial charge on any atom is 0.269 e. The third-order valence-corrected chi connectivity index (χ3v) is 3.67. The Morgan fingerprint density at radius 2 is 2.00 bits per heavy atom. The number of aryl methyl sites for hydroxylation is 2. The van der Waals surface area contributed by atoms with Gasteiger partial charge in [-0.1, -0.05) is 0 Å². The van der Waals surface area contributed by atoms with Crippen molar-refractivity contribution in [2.75, 3.05) is 6.54 Å². The number of imidazole rings is 1. The number of hydrogen-bond acceptors (Lipinski definition) is 4. The zero-order valence-electron chi connectivity index (χ0n) is 13.1. The highest BCUT2D eigenvalue weighted by atomic mass is 16.2. The van der Waals surface area contributed by atoms with Crippen LogP contribution in [0.25, 0.3) is 11.4 Å². The van der Waals surface area contributed by atoms with Gasteiger partial charge in [0.1, 0.15) is 11.5 Å². The lowest BCUT2D eigenvalue weighted by atomic mass is 10.2. The first-order valence-electron chi connectivity index (χ1n) is 7.35. The van der Waals surface area contributed by atoms with Crippen molar-refractivity contribution in [1.29, 1.82) is 0 Å². The highest BCUT2D eigenvalue weighted by molar-refractivity contribution is 5.92. The molecule has 3 aromatic heterocycles. The van der Waals surface area contributed by atoms with Gasteiger partial charge in [0.2, 0.25) is 0 Å². The van der Waals surface area contributed by atoms with Gasteiger partial charge in [-0.2, -0.15) is 5.10 Å². The summed E-state index contributed by atoms with van der Waals surface area (Å²) in [5.41, 5.74) is 2.60. The third kappa shape index (κ3) is 3.13. The van der Waals surface area contributed by atoms with Crippen molar-refractivity contribution in [3.63, 3.8) is 0 Å². The van der Waals surface area contributed by atoms with E-state index in [9.17, 15) is 4.79 Å². The number of nitrogens with one attached hydrogen (secondary N) is 1. The van der Waals surface area contributed by atoms with Gasteiger partial charge in [0.25, 0.3) is 5.91 Å². The summed E-state index contributed by atoms with van der Waals surface area (Å²) >= 11 is 0. The highest BCUT2D eigenvalue weighted by Crippen LogP contribution is 2.18. The SMILES string of the molecule is Cc1cnc(-c2ccncc2)n1CCNC(=O)c1ccnn1C. The standard InChI is InChI=1S/C16H18N6O/c1-12-11-19-15(13-3-6-17-7-4-13)22(12)10-9-18-16(23)14-5-8-20-21(14)2/h3-8,11H,9-10H2,1-2H3,(H,18,23). The molecule has 0 aromatic carbocycles. The Hall–Kier alpha value is -2.96. The zero-order chi connectivity index (χ0) is 16.2. The monoisotopic (exact) mass is 310 g/mol. The summed E-state index contributed by atoms with van der Waals surface area (Å²) in [5, 5.41) is 6.91. The fourth-order valence-corrected chi connectivity index (χ4v) is 2.44. The Labute approximate surface area is 134 Å². The second kappa shape index (κ2) is 6.43. The number of nitrogens with zero attached hydrogens (tertiary/aromatic N) is 5. The normalized spacial score (nSPS) is 10.7. The van der Waals surface area contributed by atoms with Crippen LogP contribution in [0.3, 0.4) is 0 Å². The Kier molecular flexibility index (Phi) is 4.18. The lowest BCUT2D eigenvalue weighted by Crippen LogP contribution is -2.29. The molecule has 0 unspecified atom stereocenters. The van der Waals surface area contributed by atoms with E-state index in [-0.39, 0.29) is 5.91 Å². The average Bonchev–Trinajstić information content (AvgIpc) is 3.15. The van der Waals surface area contributed by atoms with Crippen molar-refractivity contribution in [1.82, 2.24) is 29.6 Å². The van der Waals surface area contributed by atoms with E-state index in [0.717, 1.165) is 17.1 Å². The van der Waals surface area contributed by atoms with Gasteiger partial charge in [0.05, 0.1) is 0 Å². The van der Waals surface area contributed by atoms with E-state index in [2.05, 4.69) is 25.0 Å². The molecule has 0 atom stereocenters. The largest absolute Gasteiger partial charge is 0.349 e. The molecule has 1 N–H and O–H groups in total. The lowest BCUT2D eigenvalue weighted by Gasteiger charge is -2.11. The molecule has 7 heteroatoms. The maximum absolute atomic E-state index is 12.1. The molecule has 3 rings (SSSR count). The summed E-state index contributed by atoms with van der Waals surface area (Å²) < 4.78 is 3.64. The summed E-state index contributed by atoms with van der Waals surface area (Å²) in [5.74, 6) is 0.743. The average molecular weight is 310 g/mol. The van der Waals surface area contributed by atoms with Crippen LogP contribution in [0.5, 0.6) is 0 Å². The molecular formula is C16H18N6O. The molecule has 0 fully saturated rings. The molecule has 3 aromatic rings. The molecular weight excluding hydrogens is 292 g/mol. The Morgan fingerprint density at radius 1 is 1.22 bits per heavy atom. The van der Waals surface area contributed by atoms with Crippen molar-refractivity contribution in [3.8, 4) is 11.4 Å². The van der Waals surface area contributed by atoms with Crippen LogP contribution < -0.4 is 5.32 Å². The van der Waals surface area contributed by atoms with Crippen LogP contribution in [-0.2, 0) is 13.6 Å². The number of pyridine rings is 1. The van der Waals surface area contributed by atoms with Gasteiger partial charge >= 0.3 is 0 Å². The van der Waals surface area contributed by atoms with E-state index in [1.165, 1.54) is 0 Å². The van der Waals surface area contributed by atoms with E-state index >= 15 is 0 Å². The van der Waals surface area contributed by atoms with E-state index in [1.807, 2.05) is 25.3 Å². The van der Waals surface area contributed by atoms with Crippen LogP contribution in [-0.4, -0.2) is 36.8 Å². The molecule has 0 aliphatic rings. The van der Waals surface area contributed by atoms with Crippen LogP contribution in [0.1, 0.15) is 16.2 Å². The fourth-order valence-electron chi connectivity index (χ4n) is 2.44. The summed E-state index contributed by atoms with van der Waals surface area (Å²) in [6, 6.07) is 5.54. The van der Waals surface area contributed by atoms with Crippen LogP contribution in [0.4, 0.5) is 0 Å². The van der Waals surface area contributed by atoms with Crippen molar-refractivity contribution in [2.24, 2.45) is 7.05 Å². The molecule has 23 heavy (non-hydrogen) atoms. The molecule has 0 bridgehead atoms. The first-order chi connectivity index (χ1) is 11.2. The molecule has 118 valence electrons. The van der Waals surface area contributed by atoms with Crippen LogP contribution in [0.15, 0.2) is 43.0 Å². The molecule has 0 radical (unpaired) electrons. The van der Waals surface area contributed by atoms with Gasteiger partial charge in [-0.3, -0.25) is 14.5 Å². The summed E-state index contributed by atoms with van der Waals surface area (Å²) in [6.07, 6.45) is 6.93. The van der Waals surface area contributed by atoms with E-state index < -0.39 is 0 Å². The quantitative estimate of drug-likeness (QED) is 0.773. The molecule has 0 aliphatic carbocycles. The van der Waals surface area contributed by atoms with E-state index in [4.69, 9.17) is 0 Å². The predicted molar refractivity (Wildman–Crippen MR) is 85.7 cm³/mol. The van der Waals surface area contributed by atoms with Crippen LogP contribution in [0, 0.1) is 6.92 Å². The van der Waals surface area contributed by atoms with E-state index in [1.54, 1.807) is 36.4 Å². The topological polar surface area (TPSA) is 77.6 Å². The summed E-state index contributed by atoms with van der Waals surface area (Å²) in [4.78, 5) is 20.6. The fraction of sp³-hybridized carbons (Fsp3) is 0.250. The highest BCUT2D eigenvalue weighted by Gasteiger charge is 2.11. The minimum Gasteiger partial charge on any atom is -0.349 e. The summed E-state index contributed by atoms with van der Waals surface area (Å²) in [6.45, 7) is 3.16. The van der Waals surface area contributed by atoms with Gasteiger partial charge in [-0.15, -0.1) is 0 Å². The first kappa shape index (κ1) is 15.0. The van der Waals surface area contributed by atoms with E-state index in [0.29, 0.717) is 18.8 Å². The van der Waals surface area contributed by atoms with Crippen LogP contribution in [0.2, 0.25) is 0 Å². The number of aromatic nitrogens is 5. The molecule has 7 nitrogen and oxygen atoms in total. The number of hydrogen-bond donors (Lipinski definition) is 1. The van der Waals surface area contributed by atoms with Gasteiger partial charge in [0.15, 0.2) is 0 Å².